The van der Waals surface area contributed by atoms with Gasteiger partial charge in [0.15, 0.2) is 5.82 Å². The van der Waals surface area contributed by atoms with Crippen LogP contribution < -0.4 is 5.32 Å². The van der Waals surface area contributed by atoms with E-state index in [1.165, 1.54) is 6.07 Å². The van der Waals surface area contributed by atoms with Crippen molar-refractivity contribution in [1.29, 1.82) is 0 Å². The molecule has 0 bridgehead atoms. The Labute approximate surface area is 115 Å². The number of hydrogen-bond donors (Lipinski definition) is 1. The number of aromatic nitrogens is 1. The highest BCUT2D eigenvalue weighted by Crippen LogP contribution is 2.27. The van der Waals surface area contributed by atoms with Crippen LogP contribution in [0.4, 0.5) is 8.78 Å². The van der Waals surface area contributed by atoms with Crippen molar-refractivity contribution in [1.82, 2.24) is 10.3 Å². The molecule has 1 saturated carbocycles. The van der Waals surface area contributed by atoms with Gasteiger partial charge in [0.1, 0.15) is 0 Å². The van der Waals surface area contributed by atoms with E-state index in [-0.39, 0.29) is 11.6 Å². The summed E-state index contributed by atoms with van der Waals surface area (Å²) in [6.07, 6.45) is 7.10. The van der Waals surface area contributed by atoms with Crippen LogP contribution in [-0.2, 0) is 0 Å². The van der Waals surface area contributed by atoms with Crippen LogP contribution in [0.15, 0.2) is 12.3 Å². The molecule has 1 aromatic heterocycles. The first-order chi connectivity index (χ1) is 9.11. The van der Waals surface area contributed by atoms with E-state index >= 15 is 0 Å². The lowest BCUT2D eigenvalue weighted by Gasteiger charge is -2.28. The molecule has 1 N–H and O–H groups in total. The summed E-state index contributed by atoms with van der Waals surface area (Å²) in [7, 11) is 0. The summed E-state index contributed by atoms with van der Waals surface area (Å²) in [4.78, 5) is 15.1. The highest BCUT2D eigenvalue weighted by Gasteiger charge is 2.24. The highest BCUT2D eigenvalue weighted by atomic mass is 32.2. The summed E-state index contributed by atoms with van der Waals surface area (Å²) < 4.78 is 26.4. The minimum absolute atomic E-state index is 0.0364. The van der Waals surface area contributed by atoms with Crippen LogP contribution in [0.1, 0.15) is 36.0 Å². The van der Waals surface area contributed by atoms with Gasteiger partial charge in [-0.3, -0.25) is 4.79 Å². The van der Waals surface area contributed by atoms with Gasteiger partial charge in [-0.1, -0.05) is 6.42 Å². The first-order valence-corrected chi connectivity index (χ1v) is 7.54. The first kappa shape index (κ1) is 14.2. The van der Waals surface area contributed by atoms with Gasteiger partial charge in [0, 0.05) is 17.5 Å². The van der Waals surface area contributed by atoms with Gasteiger partial charge in [0.25, 0.3) is 5.91 Å². The van der Waals surface area contributed by atoms with Crippen molar-refractivity contribution in [3.8, 4) is 0 Å². The van der Waals surface area contributed by atoms with Crippen molar-refractivity contribution in [2.75, 3.05) is 6.26 Å². The molecule has 0 saturated heterocycles. The Morgan fingerprint density at radius 1 is 1.47 bits per heavy atom. The Bertz CT molecular complexity index is 470. The summed E-state index contributed by atoms with van der Waals surface area (Å²) in [5.74, 6) is -2.99. The van der Waals surface area contributed by atoms with E-state index in [0.29, 0.717) is 5.25 Å². The lowest BCUT2D eigenvalue weighted by Crippen LogP contribution is -2.39. The summed E-state index contributed by atoms with van der Waals surface area (Å²) in [6.45, 7) is 0. The number of rotatable bonds is 3. The zero-order valence-corrected chi connectivity index (χ0v) is 11.5. The molecule has 2 atom stereocenters. The van der Waals surface area contributed by atoms with E-state index in [2.05, 4.69) is 10.3 Å². The summed E-state index contributed by atoms with van der Waals surface area (Å²) >= 11 is 1.78. The van der Waals surface area contributed by atoms with E-state index in [0.717, 1.165) is 31.9 Å². The molecule has 0 aromatic carbocycles. The largest absolute Gasteiger partial charge is 0.349 e. The first-order valence-electron chi connectivity index (χ1n) is 6.25. The van der Waals surface area contributed by atoms with Crippen molar-refractivity contribution in [3.63, 3.8) is 0 Å². The molecule has 1 heterocycles. The van der Waals surface area contributed by atoms with E-state index in [4.69, 9.17) is 0 Å². The monoisotopic (exact) mass is 286 g/mol. The van der Waals surface area contributed by atoms with Crippen LogP contribution in [0.5, 0.6) is 0 Å². The van der Waals surface area contributed by atoms with Gasteiger partial charge >= 0.3 is 0 Å². The summed E-state index contributed by atoms with van der Waals surface area (Å²) in [5, 5.41) is 3.31. The van der Waals surface area contributed by atoms with Gasteiger partial charge in [-0.25, -0.2) is 9.37 Å². The number of hydrogen-bond acceptors (Lipinski definition) is 3. The van der Waals surface area contributed by atoms with Gasteiger partial charge in [0.2, 0.25) is 5.95 Å². The second kappa shape index (κ2) is 6.32. The summed E-state index contributed by atoms with van der Waals surface area (Å²) in [5.41, 5.74) is -0.279. The third-order valence-electron chi connectivity index (χ3n) is 3.39. The van der Waals surface area contributed by atoms with Crippen LogP contribution in [0.3, 0.4) is 0 Å². The number of pyridine rings is 1. The molecule has 0 aliphatic heterocycles. The van der Waals surface area contributed by atoms with Gasteiger partial charge in [0.05, 0.1) is 5.56 Å². The Morgan fingerprint density at radius 3 is 3.00 bits per heavy atom. The number of carbonyl (C=O) groups excluding carboxylic acids is 1. The molecule has 0 spiro atoms. The van der Waals surface area contributed by atoms with E-state index in [1.54, 1.807) is 11.8 Å². The van der Waals surface area contributed by atoms with Crippen LogP contribution >= 0.6 is 11.8 Å². The quantitative estimate of drug-likeness (QED) is 0.869. The van der Waals surface area contributed by atoms with Gasteiger partial charge in [-0.2, -0.15) is 16.2 Å². The molecule has 6 heteroatoms. The fraction of sp³-hybridized carbons (Fsp3) is 0.538. The molecule has 1 aliphatic rings. The molecule has 2 rings (SSSR count). The van der Waals surface area contributed by atoms with Gasteiger partial charge in [-0.15, -0.1) is 0 Å². The topological polar surface area (TPSA) is 42.0 Å². The second-order valence-electron chi connectivity index (χ2n) is 4.66. The lowest BCUT2D eigenvalue weighted by atomic mass is 9.94. The molecule has 1 aromatic rings. The molecular weight excluding hydrogens is 270 g/mol. The van der Waals surface area contributed by atoms with Crippen molar-refractivity contribution < 1.29 is 13.6 Å². The van der Waals surface area contributed by atoms with Crippen LogP contribution in [0.2, 0.25) is 0 Å². The zero-order chi connectivity index (χ0) is 13.8. The predicted molar refractivity (Wildman–Crippen MR) is 71.2 cm³/mol. The fourth-order valence-electron chi connectivity index (χ4n) is 2.35. The van der Waals surface area contributed by atoms with Crippen LogP contribution in [-0.4, -0.2) is 28.4 Å². The third-order valence-corrected chi connectivity index (χ3v) is 4.48. The van der Waals surface area contributed by atoms with Crippen molar-refractivity contribution in [3.05, 3.63) is 29.6 Å². The predicted octanol–water partition coefficient (Wildman–Crippen LogP) is 2.76. The number of nitrogens with zero attached hydrogens (tertiary/aromatic N) is 1. The number of amides is 1. The molecular formula is C13H16F2N2OS. The van der Waals surface area contributed by atoms with Gasteiger partial charge in [-0.05, 0) is 31.6 Å². The van der Waals surface area contributed by atoms with E-state index in [9.17, 15) is 13.6 Å². The zero-order valence-electron chi connectivity index (χ0n) is 10.7. The Balaban J connectivity index is 2.02. The number of nitrogens with one attached hydrogen (secondary N) is 1. The number of halogens is 2. The highest BCUT2D eigenvalue weighted by molar-refractivity contribution is 7.99. The van der Waals surface area contributed by atoms with Crippen molar-refractivity contribution in [2.45, 2.75) is 37.0 Å². The maximum atomic E-state index is 13.4. The molecule has 1 fully saturated rings. The number of carbonyl (C=O) groups is 1. The van der Waals surface area contributed by atoms with Crippen molar-refractivity contribution >= 4 is 17.7 Å². The number of thioether (sulfide) groups is 1. The molecule has 2 unspecified atom stereocenters. The standard InChI is InChI=1S/C13H16F2N2OS/c1-19-9-4-2-3-8(7-9)17-13(18)10-5-6-16-12(15)11(10)14/h5-6,8-9H,2-4,7H2,1H3,(H,17,18). The smallest absolute Gasteiger partial charge is 0.254 e. The van der Waals surface area contributed by atoms with Crippen molar-refractivity contribution in [2.24, 2.45) is 0 Å². The molecule has 1 amide bonds. The van der Waals surface area contributed by atoms with Crippen LogP contribution in [0.25, 0.3) is 0 Å². The molecule has 104 valence electrons. The molecule has 1 aliphatic carbocycles. The third kappa shape index (κ3) is 3.43. The van der Waals surface area contributed by atoms with E-state index < -0.39 is 17.7 Å². The molecule has 3 nitrogen and oxygen atoms in total. The fourth-order valence-corrected chi connectivity index (χ4v) is 3.17. The van der Waals surface area contributed by atoms with E-state index in [1.807, 2.05) is 6.26 Å². The lowest BCUT2D eigenvalue weighted by molar-refractivity contribution is 0.0923. The minimum atomic E-state index is -1.24. The average Bonchev–Trinajstić information content (AvgIpc) is 2.42. The Morgan fingerprint density at radius 2 is 2.26 bits per heavy atom. The SMILES string of the molecule is CSC1CCCC(NC(=O)c2ccnc(F)c2F)C1. The molecule has 19 heavy (non-hydrogen) atoms. The average molecular weight is 286 g/mol. The maximum Gasteiger partial charge on any atom is 0.254 e. The van der Waals surface area contributed by atoms with Gasteiger partial charge < -0.3 is 5.32 Å². The minimum Gasteiger partial charge on any atom is -0.349 e. The Kier molecular flexibility index (Phi) is 4.74. The Hall–Kier alpha value is -1.17. The second-order valence-corrected chi connectivity index (χ2v) is 5.80. The maximum absolute atomic E-state index is 13.4. The molecule has 0 radical (unpaired) electrons. The van der Waals surface area contributed by atoms with Crippen LogP contribution in [0, 0.1) is 11.8 Å². The normalized spacial score (nSPS) is 23.1. The summed E-state index contributed by atoms with van der Waals surface area (Å²) in [6, 6.07) is 1.23.